The van der Waals surface area contributed by atoms with Gasteiger partial charge < -0.3 is 9.88 Å². The Morgan fingerprint density at radius 2 is 1.63 bits per heavy atom. The lowest BCUT2D eigenvalue weighted by Crippen LogP contribution is -2.19. The number of carbonyl (C=O) groups excluding carboxylic acids is 1. The van der Waals surface area contributed by atoms with Gasteiger partial charge in [-0.2, -0.15) is 0 Å². The zero-order valence-corrected chi connectivity index (χ0v) is 18.7. The summed E-state index contributed by atoms with van der Waals surface area (Å²) < 4.78 is 2.22. The third-order valence-electron chi connectivity index (χ3n) is 5.27. The van der Waals surface area contributed by atoms with Crippen molar-refractivity contribution in [3.8, 4) is 5.69 Å². The van der Waals surface area contributed by atoms with Crippen LogP contribution in [-0.2, 0) is 4.79 Å². The normalized spacial score (nSPS) is 16.5. The predicted molar refractivity (Wildman–Crippen MR) is 127 cm³/mol. The molecule has 0 unspecified atom stereocenters. The smallest absolute Gasteiger partial charge is 0.264 e. The molecule has 3 aromatic rings. The van der Waals surface area contributed by atoms with E-state index in [9.17, 15) is 4.79 Å². The van der Waals surface area contributed by atoms with Gasteiger partial charge in [-0.1, -0.05) is 35.4 Å². The van der Waals surface area contributed by atoms with Crippen LogP contribution in [0.25, 0.3) is 11.8 Å². The van der Waals surface area contributed by atoms with Gasteiger partial charge in [-0.05, 0) is 87.8 Å². The molecule has 0 radical (unpaired) electrons. The van der Waals surface area contributed by atoms with Crippen LogP contribution in [0.1, 0.15) is 33.6 Å². The van der Waals surface area contributed by atoms with Crippen molar-refractivity contribution in [1.29, 1.82) is 0 Å². The number of carbonyl (C=O) groups is 1. The second-order valence-corrected chi connectivity index (χ2v) is 8.80. The standard InChI is InChI=1S/C25H25N3OS/c1-15-6-9-21(10-7-15)28-18(4)13-20(19(28)5)14-23-24(29)27-25(30-23)26-22-11-8-16(2)12-17(22)3/h6-14H,1-5H3,(H,26,27,29)/b23-14-. The highest BCUT2D eigenvalue weighted by atomic mass is 32.2. The molecular weight excluding hydrogens is 390 g/mol. The van der Waals surface area contributed by atoms with Gasteiger partial charge in [0.05, 0.1) is 10.6 Å². The van der Waals surface area contributed by atoms with Gasteiger partial charge >= 0.3 is 0 Å². The van der Waals surface area contributed by atoms with Gasteiger partial charge in [-0.25, -0.2) is 4.99 Å². The summed E-state index contributed by atoms with van der Waals surface area (Å²) in [6.07, 6.45) is 1.96. The fourth-order valence-corrected chi connectivity index (χ4v) is 4.51. The van der Waals surface area contributed by atoms with E-state index < -0.39 is 0 Å². The highest BCUT2D eigenvalue weighted by molar-refractivity contribution is 8.18. The van der Waals surface area contributed by atoms with E-state index in [-0.39, 0.29) is 5.91 Å². The molecule has 4 nitrogen and oxygen atoms in total. The summed E-state index contributed by atoms with van der Waals surface area (Å²) >= 11 is 1.38. The van der Waals surface area contributed by atoms with E-state index in [1.54, 1.807) is 0 Å². The number of nitrogens with zero attached hydrogens (tertiary/aromatic N) is 2. The maximum absolute atomic E-state index is 12.5. The van der Waals surface area contributed by atoms with Crippen LogP contribution in [0.15, 0.2) is 58.4 Å². The minimum Gasteiger partial charge on any atom is -0.318 e. The van der Waals surface area contributed by atoms with Crippen molar-refractivity contribution < 1.29 is 4.79 Å². The summed E-state index contributed by atoms with van der Waals surface area (Å²) in [4.78, 5) is 17.8. The maximum atomic E-state index is 12.5. The molecule has 2 heterocycles. The molecule has 4 rings (SSSR count). The van der Waals surface area contributed by atoms with E-state index in [4.69, 9.17) is 0 Å². The highest BCUT2D eigenvalue weighted by Gasteiger charge is 2.24. The van der Waals surface area contributed by atoms with Crippen LogP contribution < -0.4 is 5.32 Å². The fourth-order valence-electron chi connectivity index (χ4n) is 3.69. The summed E-state index contributed by atoms with van der Waals surface area (Å²) in [6.45, 7) is 10.3. The first-order valence-corrected chi connectivity index (χ1v) is 10.8. The Hall–Kier alpha value is -3.05. The Balaban J connectivity index is 1.64. The zero-order valence-electron chi connectivity index (χ0n) is 17.9. The summed E-state index contributed by atoms with van der Waals surface area (Å²) in [6, 6.07) is 16.7. The van der Waals surface area contributed by atoms with Crippen LogP contribution in [0.3, 0.4) is 0 Å². The number of thioether (sulfide) groups is 1. The van der Waals surface area contributed by atoms with Crippen molar-refractivity contribution in [2.75, 3.05) is 0 Å². The van der Waals surface area contributed by atoms with Crippen molar-refractivity contribution >= 4 is 34.6 Å². The predicted octanol–water partition coefficient (Wildman–Crippen LogP) is 5.91. The van der Waals surface area contributed by atoms with Gasteiger partial charge in [0, 0.05) is 17.1 Å². The lowest BCUT2D eigenvalue weighted by Gasteiger charge is -2.10. The van der Waals surface area contributed by atoms with Crippen molar-refractivity contribution in [3.05, 3.63) is 87.1 Å². The molecule has 0 saturated carbocycles. The molecule has 1 aromatic heterocycles. The first-order chi connectivity index (χ1) is 14.3. The van der Waals surface area contributed by atoms with Crippen LogP contribution in [0, 0.1) is 34.6 Å². The molecule has 30 heavy (non-hydrogen) atoms. The van der Waals surface area contributed by atoms with Gasteiger partial charge in [0.2, 0.25) is 0 Å². The SMILES string of the molecule is Cc1ccc(-n2c(C)cc(/C=C3\SC(=Nc4ccc(C)cc4C)NC3=O)c2C)cc1. The van der Waals surface area contributed by atoms with Gasteiger partial charge in [0.1, 0.15) is 0 Å². The van der Waals surface area contributed by atoms with Gasteiger partial charge in [-0.3, -0.25) is 4.79 Å². The topological polar surface area (TPSA) is 46.4 Å². The molecule has 5 heteroatoms. The zero-order chi connectivity index (χ0) is 21.4. The van der Waals surface area contributed by atoms with E-state index in [1.165, 1.54) is 22.9 Å². The average molecular weight is 416 g/mol. The minimum atomic E-state index is -0.108. The first kappa shape index (κ1) is 20.2. The molecule has 1 saturated heterocycles. The van der Waals surface area contributed by atoms with Gasteiger partial charge in [-0.15, -0.1) is 0 Å². The molecule has 1 aliphatic heterocycles. The Labute approximate surface area is 181 Å². The lowest BCUT2D eigenvalue weighted by atomic mass is 10.1. The van der Waals surface area contributed by atoms with E-state index in [2.05, 4.69) is 79.0 Å². The molecule has 0 atom stereocenters. The number of amides is 1. The lowest BCUT2D eigenvalue weighted by molar-refractivity contribution is -0.115. The molecular formula is C25H25N3OS. The number of aliphatic imine (C=N–C) groups is 1. The fraction of sp³-hybridized carbons (Fsp3) is 0.200. The summed E-state index contributed by atoms with van der Waals surface area (Å²) in [5.74, 6) is -0.108. The molecule has 1 N–H and O–H groups in total. The number of rotatable bonds is 3. The van der Waals surface area contributed by atoms with Crippen molar-refractivity contribution in [2.24, 2.45) is 4.99 Å². The first-order valence-electron chi connectivity index (χ1n) is 9.94. The monoisotopic (exact) mass is 415 g/mol. The van der Waals surface area contributed by atoms with Gasteiger partial charge in [0.25, 0.3) is 5.91 Å². The highest BCUT2D eigenvalue weighted by Crippen LogP contribution is 2.31. The van der Waals surface area contributed by atoms with E-state index in [0.29, 0.717) is 10.1 Å². The number of aromatic nitrogens is 1. The Bertz CT molecular complexity index is 1200. The van der Waals surface area contributed by atoms with Crippen molar-refractivity contribution in [3.63, 3.8) is 0 Å². The largest absolute Gasteiger partial charge is 0.318 e. The van der Waals surface area contributed by atoms with E-state index in [0.717, 1.165) is 33.9 Å². The molecule has 0 bridgehead atoms. The summed E-state index contributed by atoms with van der Waals surface area (Å²) in [7, 11) is 0. The van der Waals surface area contributed by atoms with E-state index in [1.807, 2.05) is 25.1 Å². The third kappa shape index (κ3) is 3.98. The number of hydrogen-bond donors (Lipinski definition) is 1. The second kappa shape index (κ2) is 8.00. The van der Waals surface area contributed by atoms with Crippen LogP contribution in [0.2, 0.25) is 0 Å². The van der Waals surface area contributed by atoms with Crippen LogP contribution in [-0.4, -0.2) is 15.6 Å². The van der Waals surface area contributed by atoms with Crippen LogP contribution >= 0.6 is 11.8 Å². The number of benzene rings is 2. The number of amidine groups is 1. The number of hydrogen-bond acceptors (Lipinski definition) is 3. The van der Waals surface area contributed by atoms with Crippen LogP contribution in [0.4, 0.5) is 5.69 Å². The van der Waals surface area contributed by atoms with Crippen molar-refractivity contribution in [2.45, 2.75) is 34.6 Å². The minimum absolute atomic E-state index is 0.108. The maximum Gasteiger partial charge on any atom is 0.264 e. The molecule has 1 fully saturated rings. The van der Waals surface area contributed by atoms with Crippen molar-refractivity contribution in [1.82, 2.24) is 9.88 Å². The quantitative estimate of drug-likeness (QED) is 0.541. The molecule has 152 valence electrons. The Morgan fingerprint density at radius 1 is 0.933 bits per heavy atom. The Kier molecular flexibility index (Phi) is 5.39. The van der Waals surface area contributed by atoms with E-state index >= 15 is 0 Å². The molecule has 0 aliphatic carbocycles. The summed E-state index contributed by atoms with van der Waals surface area (Å²) in [5.41, 5.74) is 8.81. The second-order valence-electron chi connectivity index (χ2n) is 7.77. The third-order valence-corrected chi connectivity index (χ3v) is 6.18. The van der Waals surface area contributed by atoms with Crippen LogP contribution in [0.5, 0.6) is 0 Å². The molecule has 2 aromatic carbocycles. The molecule has 1 amide bonds. The average Bonchev–Trinajstić information content (AvgIpc) is 3.17. The summed E-state index contributed by atoms with van der Waals surface area (Å²) in [5, 5.41) is 3.51. The number of aryl methyl sites for hydroxylation is 4. The molecule has 0 spiro atoms. The number of nitrogens with one attached hydrogen (secondary N) is 1. The molecule has 1 aliphatic rings. The van der Waals surface area contributed by atoms with Gasteiger partial charge in [0.15, 0.2) is 5.17 Å². The Morgan fingerprint density at radius 3 is 2.33 bits per heavy atom.